The highest BCUT2D eigenvalue weighted by Crippen LogP contribution is 2.33. The van der Waals surface area contributed by atoms with E-state index in [-0.39, 0.29) is 40.0 Å². The molecule has 0 radical (unpaired) electrons. The van der Waals surface area contributed by atoms with Crippen LogP contribution >= 0.6 is 28.6 Å². The summed E-state index contributed by atoms with van der Waals surface area (Å²) in [5, 5.41) is 14.7. The fourth-order valence-corrected chi connectivity index (χ4v) is 4.57. The van der Waals surface area contributed by atoms with Crippen molar-refractivity contribution in [2.45, 2.75) is 26.8 Å². The average Bonchev–Trinajstić information content (AvgIpc) is 2.96. The third-order valence-corrected chi connectivity index (χ3v) is 6.75. The van der Waals surface area contributed by atoms with Gasteiger partial charge in [0.05, 0.1) is 23.1 Å². The Morgan fingerprint density at radius 1 is 1.05 bits per heavy atom. The summed E-state index contributed by atoms with van der Waals surface area (Å²) in [5.74, 6) is 0.669. The second-order valence-electron chi connectivity index (χ2n) is 9.31. The molecule has 0 aromatic heterocycles. The summed E-state index contributed by atoms with van der Waals surface area (Å²) < 4.78 is 39.2. The lowest BCUT2D eigenvalue weighted by Crippen LogP contribution is -2.52. The number of halogens is 4. The molecule has 0 amide bonds. The Kier molecular flexibility index (Phi) is 12.2. The standard InChI is InChI=1S/C29H32ClF2N5O4.BrH/c1-3-11-33-29(34-19-20-16-21(31)5-10-27(20)41-23-7-8-25(32)24(30)18-23)36-14-12-35(13-15-36)22-6-9-26(37(38)39)28(17-22)40-4-2;/h5-10,16-18H,3-4,11-15,19H2,1-2H3,(H,33,34);1H. The first kappa shape index (κ1) is 32.9. The normalized spacial score (nSPS) is 13.4. The van der Waals surface area contributed by atoms with Crippen LogP contribution in [0.5, 0.6) is 17.2 Å². The van der Waals surface area contributed by atoms with Gasteiger partial charge in [-0.1, -0.05) is 18.5 Å². The SMILES string of the molecule is Br.CCCNC(=NCc1cc(F)ccc1Oc1ccc(F)c(Cl)c1)N1CCN(c2ccc([N+](=O)[O-])c(OCC)c2)CC1. The molecule has 13 heteroatoms. The molecule has 3 aromatic carbocycles. The Morgan fingerprint density at radius 3 is 2.48 bits per heavy atom. The van der Waals surface area contributed by atoms with Gasteiger partial charge < -0.3 is 24.6 Å². The van der Waals surface area contributed by atoms with Gasteiger partial charge in [-0.2, -0.15) is 0 Å². The lowest BCUT2D eigenvalue weighted by atomic mass is 10.2. The molecule has 3 aromatic rings. The third-order valence-electron chi connectivity index (χ3n) is 6.46. The highest BCUT2D eigenvalue weighted by molar-refractivity contribution is 8.93. The van der Waals surface area contributed by atoms with Gasteiger partial charge >= 0.3 is 5.69 Å². The molecule has 1 fully saturated rings. The molecule has 1 N–H and O–H groups in total. The molecule has 1 heterocycles. The van der Waals surface area contributed by atoms with Crippen LogP contribution in [0.3, 0.4) is 0 Å². The molecule has 0 aliphatic carbocycles. The molecule has 0 unspecified atom stereocenters. The topological polar surface area (TPSA) is 92.5 Å². The number of hydrogen-bond donors (Lipinski definition) is 1. The number of nitro groups is 1. The van der Waals surface area contributed by atoms with Gasteiger partial charge in [0.2, 0.25) is 0 Å². The zero-order chi connectivity index (χ0) is 29.4. The number of guanidine groups is 1. The van der Waals surface area contributed by atoms with E-state index in [1.54, 1.807) is 19.1 Å². The van der Waals surface area contributed by atoms with Gasteiger partial charge in [0.25, 0.3) is 0 Å². The molecule has 0 bridgehead atoms. The maximum Gasteiger partial charge on any atom is 0.311 e. The summed E-state index contributed by atoms with van der Waals surface area (Å²) in [7, 11) is 0. The molecule has 1 aliphatic rings. The number of ether oxygens (including phenoxy) is 2. The average molecular weight is 669 g/mol. The van der Waals surface area contributed by atoms with E-state index in [0.717, 1.165) is 12.1 Å². The summed E-state index contributed by atoms with van der Waals surface area (Å²) in [6.45, 7) is 7.65. The molecular formula is C29H33BrClF2N5O4. The van der Waals surface area contributed by atoms with Crippen LogP contribution in [-0.2, 0) is 6.54 Å². The number of piperazine rings is 1. The van der Waals surface area contributed by atoms with E-state index in [1.807, 2.05) is 0 Å². The Hall–Kier alpha value is -3.64. The molecular weight excluding hydrogens is 636 g/mol. The number of nitrogens with zero attached hydrogens (tertiary/aromatic N) is 4. The lowest BCUT2D eigenvalue weighted by Gasteiger charge is -2.38. The molecule has 1 saturated heterocycles. The minimum absolute atomic E-state index is 0. The second kappa shape index (κ2) is 15.5. The lowest BCUT2D eigenvalue weighted by molar-refractivity contribution is -0.385. The van der Waals surface area contributed by atoms with Gasteiger partial charge in [-0.15, -0.1) is 17.0 Å². The maximum absolute atomic E-state index is 14.2. The molecule has 4 rings (SSSR count). The van der Waals surface area contributed by atoms with Crippen LogP contribution in [0, 0.1) is 21.7 Å². The molecule has 42 heavy (non-hydrogen) atoms. The van der Waals surface area contributed by atoms with Gasteiger partial charge in [-0.3, -0.25) is 10.1 Å². The van der Waals surface area contributed by atoms with Crippen molar-refractivity contribution in [2.24, 2.45) is 4.99 Å². The maximum atomic E-state index is 14.2. The number of anilines is 1. The fourth-order valence-electron chi connectivity index (χ4n) is 4.40. The first-order chi connectivity index (χ1) is 19.8. The highest BCUT2D eigenvalue weighted by atomic mass is 79.9. The minimum atomic E-state index is -0.557. The Morgan fingerprint density at radius 2 is 1.81 bits per heavy atom. The van der Waals surface area contributed by atoms with Gasteiger partial charge in [-0.25, -0.2) is 13.8 Å². The number of hydrogen-bond acceptors (Lipinski definition) is 6. The Labute approximate surface area is 259 Å². The van der Waals surface area contributed by atoms with Gasteiger partial charge in [0.15, 0.2) is 11.7 Å². The largest absolute Gasteiger partial charge is 0.487 e. The number of rotatable bonds is 10. The summed E-state index contributed by atoms with van der Waals surface area (Å²) in [6, 6.07) is 13.1. The second-order valence-corrected chi connectivity index (χ2v) is 9.72. The summed E-state index contributed by atoms with van der Waals surface area (Å²) in [4.78, 5) is 20.0. The van der Waals surface area contributed by atoms with Crippen molar-refractivity contribution in [2.75, 3.05) is 44.2 Å². The monoisotopic (exact) mass is 667 g/mol. The van der Waals surface area contributed by atoms with Crippen LogP contribution in [0.1, 0.15) is 25.8 Å². The van der Waals surface area contributed by atoms with Crippen LogP contribution in [0.25, 0.3) is 0 Å². The van der Waals surface area contributed by atoms with Crippen LogP contribution in [0.4, 0.5) is 20.2 Å². The molecule has 0 atom stereocenters. The zero-order valence-corrected chi connectivity index (χ0v) is 25.8. The van der Waals surface area contributed by atoms with Gasteiger partial charge in [0.1, 0.15) is 23.1 Å². The fraction of sp³-hybridized carbons (Fsp3) is 0.345. The van der Waals surface area contributed by atoms with Crippen LogP contribution in [0.15, 0.2) is 59.6 Å². The van der Waals surface area contributed by atoms with E-state index in [0.29, 0.717) is 62.4 Å². The van der Waals surface area contributed by atoms with Crippen LogP contribution in [-0.4, -0.2) is 55.1 Å². The van der Waals surface area contributed by atoms with Crippen molar-refractivity contribution in [3.05, 3.63) is 86.9 Å². The van der Waals surface area contributed by atoms with Crippen molar-refractivity contribution in [1.29, 1.82) is 0 Å². The number of benzene rings is 3. The van der Waals surface area contributed by atoms with E-state index in [9.17, 15) is 18.9 Å². The minimum Gasteiger partial charge on any atom is -0.487 e. The zero-order valence-electron chi connectivity index (χ0n) is 23.3. The number of aliphatic imine (C=N–C) groups is 1. The summed E-state index contributed by atoms with van der Waals surface area (Å²) in [5.41, 5.74) is 1.31. The summed E-state index contributed by atoms with van der Waals surface area (Å²) >= 11 is 5.89. The third kappa shape index (κ3) is 8.45. The van der Waals surface area contributed by atoms with Crippen molar-refractivity contribution in [1.82, 2.24) is 10.2 Å². The van der Waals surface area contributed by atoms with E-state index in [1.165, 1.54) is 42.5 Å². The van der Waals surface area contributed by atoms with Crippen LogP contribution < -0.4 is 19.7 Å². The first-order valence-electron chi connectivity index (χ1n) is 13.4. The predicted molar refractivity (Wildman–Crippen MR) is 166 cm³/mol. The van der Waals surface area contributed by atoms with Crippen molar-refractivity contribution >= 4 is 45.9 Å². The Balaban J connectivity index is 0.00000484. The molecule has 0 spiro atoms. The molecule has 9 nitrogen and oxygen atoms in total. The highest BCUT2D eigenvalue weighted by Gasteiger charge is 2.23. The summed E-state index contributed by atoms with van der Waals surface area (Å²) in [6.07, 6.45) is 0.891. The van der Waals surface area contributed by atoms with E-state index in [4.69, 9.17) is 26.1 Å². The van der Waals surface area contributed by atoms with Gasteiger partial charge in [0, 0.05) is 62.2 Å². The van der Waals surface area contributed by atoms with E-state index < -0.39 is 16.6 Å². The van der Waals surface area contributed by atoms with E-state index in [2.05, 4.69) is 22.0 Å². The predicted octanol–water partition coefficient (Wildman–Crippen LogP) is 6.97. The van der Waals surface area contributed by atoms with Crippen molar-refractivity contribution in [3.8, 4) is 17.2 Å². The van der Waals surface area contributed by atoms with Crippen LogP contribution in [0.2, 0.25) is 5.02 Å². The van der Waals surface area contributed by atoms with E-state index >= 15 is 0 Å². The Bertz CT molecular complexity index is 1410. The van der Waals surface area contributed by atoms with Gasteiger partial charge in [-0.05, 0) is 49.7 Å². The number of nitro benzene ring substituents is 1. The molecule has 0 saturated carbocycles. The smallest absolute Gasteiger partial charge is 0.311 e. The van der Waals surface area contributed by atoms with Crippen molar-refractivity contribution in [3.63, 3.8) is 0 Å². The first-order valence-corrected chi connectivity index (χ1v) is 13.8. The van der Waals surface area contributed by atoms with Crippen molar-refractivity contribution < 1.29 is 23.2 Å². The quantitative estimate of drug-likeness (QED) is 0.108. The molecule has 226 valence electrons. The number of nitrogens with one attached hydrogen (secondary N) is 1. The molecule has 1 aliphatic heterocycles.